The van der Waals surface area contributed by atoms with E-state index in [4.69, 9.17) is 0 Å². The van der Waals surface area contributed by atoms with Gasteiger partial charge in [-0.3, -0.25) is 4.79 Å². The third-order valence-corrected chi connectivity index (χ3v) is 3.11. The summed E-state index contributed by atoms with van der Waals surface area (Å²) in [6, 6.07) is 12.5. The lowest BCUT2D eigenvalue weighted by molar-refractivity contribution is 0.0989. The first-order valence-electron chi connectivity index (χ1n) is 6.35. The highest BCUT2D eigenvalue weighted by atomic mass is 16.3. The standard InChI is InChI=1S/C17H16O3/c1-2-6-13-9-10-14(17(20)16(13)19)15(18)11-12-7-4-3-5-8-12/h2-5,7-10,19-20H,1,6,11H2. The molecule has 0 aliphatic heterocycles. The van der Waals surface area contributed by atoms with Crippen molar-refractivity contribution in [3.63, 3.8) is 0 Å². The molecule has 0 heterocycles. The Balaban J connectivity index is 2.27. The van der Waals surface area contributed by atoms with Gasteiger partial charge in [0.2, 0.25) is 0 Å². The van der Waals surface area contributed by atoms with Crippen molar-refractivity contribution in [3.8, 4) is 11.5 Å². The number of rotatable bonds is 5. The van der Waals surface area contributed by atoms with Crippen LogP contribution in [-0.4, -0.2) is 16.0 Å². The van der Waals surface area contributed by atoms with E-state index in [9.17, 15) is 15.0 Å². The predicted molar refractivity (Wildman–Crippen MR) is 78.1 cm³/mol. The fraction of sp³-hybridized carbons (Fsp3) is 0.118. The monoisotopic (exact) mass is 268 g/mol. The molecule has 3 nitrogen and oxygen atoms in total. The van der Waals surface area contributed by atoms with Crippen LogP contribution in [0.25, 0.3) is 0 Å². The van der Waals surface area contributed by atoms with Crippen LogP contribution in [0.5, 0.6) is 11.5 Å². The van der Waals surface area contributed by atoms with Crippen LogP contribution in [0.4, 0.5) is 0 Å². The van der Waals surface area contributed by atoms with Gasteiger partial charge in [-0.2, -0.15) is 0 Å². The summed E-state index contributed by atoms with van der Waals surface area (Å²) < 4.78 is 0. The minimum Gasteiger partial charge on any atom is -0.504 e. The lowest BCUT2D eigenvalue weighted by atomic mass is 9.99. The molecule has 0 aliphatic rings. The smallest absolute Gasteiger partial charge is 0.171 e. The summed E-state index contributed by atoms with van der Waals surface area (Å²) >= 11 is 0. The van der Waals surface area contributed by atoms with Crippen molar-refractivity contribution in [3.05, 3.63) is 71.8 Å². The molecule has 0 saturated heterocycles. The molecule has 0 aromatic heterocycles. The SMILES string of the molecule is C=CCc1ccc(C(=O)Cc2ccccc2)c(O)c1O. The summed E-state index contributed by atoms with van der Waals surface area (Å²) in [5, 5.41) is 19.8. The molecule has 0 fully saturated rings. The molecule has 0 spiro atoms. The van der Waals surface area contributed by atoms with Crippen molar-refractivity contribution in [2.24, 2.45) is 0 Å². The fourth-order valence-corrected chi connectivity index (χ4v) is 2.04. The third kappa shape index (κ3) is 2.88. The maximum Gasteiger partial charge on any atom is 0.171 e. The molecule has 0 saturated carbocycles. The number of ketones is 1. The summed E-state index contributed by atoms with van der Waals surface area (Å²) in [6.45, 7) is 3.58. The van der Waals surface area contributed by atoms with Gasteiger partial charge in [-0.05, 0) is 18.1 Å². The van der Waals surface area contributed by atoms with Crippen molar-refractivity contribution in [1.29, 1.82) is 0 Å². The molecule has 2 aromatic rings. The topological polar surface area (TPSA) is 57.5 Å². The number of carbonyl (C=O) groups excluding carboxylic acids is 1. The van der Waals surface area contributed by atoms with Gasteiger partial charge in [0.15, 0.2) is 17.3 Å². The van der Waals surface area contributed by atoms with Crippen molar-refractivity contribution in [2.45, 2.75) is 12.8 Å². The number of benzene rings is 2. The first kappa shape index (κ1) is 13.9. The predicted octanol–water partition coefficient (Wildman–Crippen LogP) is 3.25. The lowest BCUT2D eigenvalue weighted by Crippen LogP contribution is -2.04. The number of Topliss-reactive ketones (excluding diaryl/α,β-unsaturated/α-hetero) is 1. The number of hydrogen-bond donors (Lipinski definition) is 2. The molecular weight excluding hydrogens is 252 g/mol. The van der Waals surface area contributed by atoms with E-state index in [1.54, 1.807) is 18.2 Å². The molecule has 2 N–H and O–H groups in total. The van der Waals surface area contributed by atoms with Crippen molar-refractivity contribution < 1.29 is 15.0 Å². The minimum absolute atomic E-state index is 0.138. The van der Waals surface area contributed by atoms with E-state index >= 15 is 0 Å². The van der Waals surface area contributed by atoms with Crippen LogP contribution in [0.1, 0.15) is 21.5 Å². The Kier molecular flexibility index (Phi) is 4.20. The molecule has 2 aromatic carbocycles. The first-order chi connectivity index (χ1) is 9.63. The highest BCUT2D eigenvalue weighted by molar-refractivity contribution is 6.00. The molecule has 0 bridgehead atoms. The summed E-state index contributed by atoms with van der Waals surface area (Å²) in [6.07, 6.45) is 2.25. The lowest BCUT2D eigenvalue weighted by Gasteiger charge is -2.09. The normalized spacial score (nSPS) is 10.2. The van der Waals surface area contributed by atoms with Crippen LogP contribution < -0.4 is 0 Å². The van der Waals surface area contributed by atoms with E-state index in [-0.39, 0.29) is 29.3 Å². The van der Waals surface area contributed by atoms with Gasteiger partial charge in [-0.25, -0.2) is 0 Å². The van der Waals surface area contributed by atoms with Crippen LogP contribution in [0.2, 0.25) is 0 Å². The van der Waals surface area contributed by atoms with E-state index in [0.717, 1.165) is 5.56 Å². The quantitative estimate of drug-likeness (QED) is 0.497. The third-order valence-electron chi connectivity index (χ3n) is 3.11. The van der Waals surface area contributed by atoms with Crippen molar-refractivity contribution in [2.75, 3.05) is 0 Å². The number of allylic oxidation sites excluding steroid dienone is 1. The van der Waals surface area contributed by atoms with Gasteiger partial charge in [0.05, 0.1) is 5.56 Å². The molecule has 102 valence electrons. The number of carbonyl (C=O) groups is 1. The van der Waals surface area contributed by atoms with Crippen LogP contribution in [0.15, 0.2) is 55.1 Å². The van der Waals surface area contributed by atoms with Crippen LogP contribution in [0, 0.1) is 0 Å². The highest BCUT2D eigenvalue weighted by Crippen LogP contribution is 2.33. The highest BCUT2D eigenvalue weighted by Gasteiger charge is 2.17. The Labute approximate surface area is 117 Å². The second kappa shape index (κ2) is 6.06. The van der Waals surface area contributed by atoms with Gasteiger partial charge < -0.3 is 10.2 Å². The van der Waals surface area contributed by atoms with Crippen LogP contribution in [0.3, 0.4) is 0 Å². The molecule has 0 radical (unpaired) electrons. The molecule has 0 atom stereocenters. The summed E-state index contributed by atoms with van der Waals surface area (Å²) in [5.41, 5.74) is 1.56. The number of hydrogen-bond acceptors (Lipinski definition) is 3. The van der Waals surface area contributed by atoms with Crippen molar-refractivity contribution in [1.82, 2.24) is 0 Å². The summed E-state index contributed by atoms with van der Waals surface area (Å²) in [4.78, 5) is 12.2. The van der Waals surface area contributed by atoms with Gasteiger partial charge in [-0.1, -0.05) is 42.5 Å². The number of phenolic OH excluding ortho intramolecular Hbond substituents is 2. The average Bonchev–Trinajstić information content (AvgIpc) is 2.45. The zero-order chi connectivity index (χ0) is 14.5. The number of phenols is 2. The molecule has 20 heavy (non-hydrogen) atoms. The Morgan fingerprint density at radius 2 is 1.75 bits per heavy atom. The molecule has 0 aliphatic carbocycles. The first-order valence-corrected chi connectivity index (χ1v) is 6.35. The maximum absolute atomic E-state index is 12.2. The van der Waals surface area contributed by atoms with Crippen LogP contribution in [-0.2, 0) is 12.8 Å². The maximum atomic E-state index is 12.2. The van der Waals surface area contributed by atoms with Gasteiger partial charge in [-0.15, -0.1) is 6.58 Å². The summed E-state index contributed by atoms with van der Waals surface area (Å²) in [7, 11) is 0. The Morgan fingerprint density at radius 1 is 1.05 bits per heavy atom. The fourth-order valence-electron chi connectivity index (χ4n) is 2.04. The largest absolute Gasteiger partial charge is 0.504 e. The van der Waals surface area contributed by atoms with E-state index < -0.39 is 0 Å². The molecule has 0 unspecified atom stereocenters. The molecule has 2 rings (SSSR count). The van der Waals surface area contributed by atoms with Crippen molar-refractivity contribution >= 4 is 5.78 Å². The van der Waals surface area contributed by atoms with E-state index in [2.05, 4.69) is 6.58 Å². The minimum atomic E-state index is -0.356. The van der Waals surface area contributed by atoms with E-state index in [1.807, 2.05) is 30.3 Å². The zero-order valence-corrected chi connectivity index (χ0v) is 11.0. The number of aromatic hydroxyl groups is 2. The zero-order valence-electron chi connectivity index (χ0n) is 11.0. The Hall–Kier alpha value is -2.55. The van der Waals surface area contributed by atoms with Gasteiger partial charge in [0.1, 0.15) is 0 Å². The second-order valence-corrected chi connectivity index (χ2v) is 4.55. The second-order valence-electron chi connectivity index (χ2n) is 4.55. The van der Waals surface area contributed by atoms with E-state index in [0.29, 0.717) is 12.0 Å². The molecular formula is C17H16O3. The van der Waals surface area contributed by atoms with Gasteiger partial charge in [0, 0.05) is 12.0 Å². The Bertz CT molecular complexity index is 630. The summed E-state index contributed by atoms with van der Waals surface area (Å²) in [5.74, 6) is -0.830. The Morgan fingerprint density at radius 3 is 2.40 bits per heavy atom. The average molecular weight is 268 g/mol. The van der Waals surface area contributed by atoms with E-state index in [1.165, 1.54) is 0 Å². The molecule has 3 heteroatoms. The van der Waals surface area contributed by atoms with Crippen LogP contribution >= 0.6 is 0 Å². The van der Waals surface area contributed by atoms with Gasteiger partial charge >= 0.3 is 0 Å². The van der Waals surface area contributed by atoms with Gasteiger partial charge in [0.25, 0.3) is 0 Å². The molecule has 0 amide bonds.